The molecular weight excluding hydrogens is 310 g/mol. The Morgan fingerprint density at radius 2 is 2.00 bits per heavy atom. The van der Waals surface area contributed by atoms with Crippen LogP contribution < -0.4 is 0 Å². The van der Waals surface area contributed by atoms with Crippen LogP contribution in [0.3, 0.4) is 0 Å². The molecule has 1 N–H and O–H groups in total. The van der Waals surface area contributed by atoms with Gasteiger partial charge in [-0.05, 0) is 45.1 Å². The van der Waals surface area contributed by atoms with E-state index in [2.05, 4.69) is 4.90 Å². The number of piperidine rings is 1. The van der Waals surface area contributed by atoms with Crippen LogP contribution in [0.25, 0.3) is 0 Å². The summed E-state index contributed by atoms with van der Waals surface area (Å²) in [6.07, 6.45) is 3.32. The van der Waals surface area contributed by atoms with E-state index >= 15 is 0 Å². The molecule has 1 aromatic rings. The lowest BCUT2D eigenvalue weighted by molar-refractivity contribution is -0.149. The normalized spacial score (nSPS) is 24.2. The predicted octanol–water partition coefficient (Wildman–Crippen LogP) is 0.719. The minimum atomic E-state index is -0.858. The van der Waals surface area contributed by atoms with Gasteiger partial charge in [-0.25, -0.2) is 0 Å². The molecule has 2 fully saturated rings. The fraction of sp³-hybridized carbons (Fsp3) is 0.647. The standard InChI is InChI=1S/C17H25N3O4/c1-18-8-9-20(12-15(18)17(22)23)16(21)13-4-6-19(7-5-13)11-14-3-2-10-24-14/h2-3,10,13,15H,4-9,11-12H2,1H3,(H,22,23)/t15-/m0/s1. The van der Waals surface area contributed by atoms with Crippen LogP contribution in [0.4, 0.5) is 0 Å². The number of furan rings is 1. The van der Waals surface area contributed by atoms with Gasteiger partial charge in [0, 0.05) is 25.6 Å². The van der Waals surface area contributed by atoms with Gasteiger partial charge in [-0.1, -0.05) is 0 Å². The maximum atomic E-state index is 12.7. The average Bonchev–Trinajstić information content (AvgIpc) is 3.08. The van der Waals surface area contributed by atoms with Gasteiger partial charge in [-0.3, -0.25) is 19.4 Å². The summed E-state index contributed by atoms with van der Waals surface area (Å²) >= 11 is 0. The van der Waals surface area contributed by atoms with Crippen LogP contribution in [-0.4, -0.2) is 77.5 Å². The Kier molecular flexibility index (Phi) is 5.20. The molecule has 2 aliphatic rings. The predicted molar refractivity (Wildman–Crippen MR) is 87.3 cm³/mol. The van der Waals surface area contributed by atoms with Crippen molar-refractivity contribution in [3.8, 4) is 0 Å². The number of carbonyl (C=O) groups excluding carboxylic acids is 1. The number of nitrogens with zero attached hydrogens (tertiary/aromatic N) is 3. The lowest BCUT2D eigenvalue weighted by Crippen LogP contribution is -2.57. The number of rotatable bonds is 4. The van der Waals surface area contributed by atoms with Crippen molar-refractivity contribution in [3.05, 3.63) is 24.2 Å². The van der Waals surface area contributed by atoms with Crippen molar-refractivity contribution in [2.45, 2.75) is 25.4 Å². The van der Waals surface area contributed by atoms with Crippen molar-refractivity contribution in [2.75, 3.05) is 39.8 Å². The summed E-state index contributed by atoms with van der Waals surface area (Å²) in [4.78, 5) is 29.9. The highest BCUT2D eigenvalue weighted by molar-refractivity contribution is 5.81. The first kappa shape index (κ1) is 17.0. The fourth-order valence-electron chi connectivity index (χ4n) is 3.56. The summed E-state index contributed by atoms with van der Waals surface area (Å²) in [5.41, 5.74) is 0. The van der Waals surface area contributed by atoms with E-state index in [0.717, 1.165) is 38.2 Å². The van der Waals surface area contributed by atoms with Gasteiger partial charge in [0.15, 0.2) is 0 Å². The Balaban J connectivity index is 1.50. The number of aliphatic carboxylic acids is 1. The van der Waals surface area contributed by atoms with Gasteiger partial charge in [0.1, 0.15) is 11.8 Å². The smallest absolute Gasteiger partial charge is 0.322 e. The van der Waals surface area contributed by atoms with Crippen molar-refractivity contribution >= 4 is 11.9 Å². The minimum Gasteiger partial charge on any atom is -0.480 e. The Bertz CT molecular complexity index is 566. The largest absolute Gasteiger partial charge is 0.480 e. The van der Waals surface area contributed by atoms with Gasteiger partial charge in [0.05, 0.1) is 12.8 Å². The molecule has 132 valence electrons. The van der Waals surface area contributed by atoms with E-state index in [1.165, 1.54) is 0 Å². The first-order valence-corrected chi connectivity index (χ1v) is 8.51. The van der Waals surface area contributed by atoms with E-state index in [0.29, 0.717) is 13.1 Å². The monoisotopic (exact) mass is 335 g/mol. The summed E-state index contributed by atoms with van der Waals surface area (Å²) < 4.78 is 5.37. The second kappa shape index (κ2) is 7.36. The molecule has 0 unspecified atom stereocenters. The number of carboxylic acid groups (broad SMARTS) is 1. The molecule has 7 nitrogen and oxygen atoms in total. The van der Waals surface area contributed by atoms with Crippen LogP contribution in [-0.2, 0) is 16.1 Å². The van der Waals surface area contributed by atoms with Crippen LogP contribution in [0, 0.1) is 5.92 Å². The maximum Gasteiger partial charge on any atom is 0.322 e. The van der Waals surface area contributed by atoms with Crippen molar-refractivity contribution in [2.24, 2.45) is 5.92 Å². The molecule has 0 radical (unpaired) electrons. The lowest BCUT2D eigenvalue weighted by atomic mass is 9.94. The Labute approximate surface area is 141 Å². The van der Waals surface area contributed by atoms with Crippen LogP contribution in [0.5, 0.6) is 0 Å². The van der Waals surface area contributed by atoms with Gasteiger partial charge in [-0.15, -0.1) is 0 Å². The minimum absolute atomic E-state index is 0.00991. The SMILES string of the molecule is CN1CCN(C(=O)C2CCN(Cc3ccco3)CC2)C[C@H]1C(=O)O. The molecule has 0 spiro atoms. The van der Waals surface area contributed by atoms with Crippen molar-refractivity contribution in [1.82, 2.24) is 14.7 Å². The first-order chi connectivity index (χ1) is 11.5. The highest BCUT2D eigenvalue weighted by Gasteiger charge is 2.35. The number of hydrogen-bond donors (Lipinski definition) is 1. The van der Waals surface area contributed by atoms with E-state index in [9.17, 15) is 14.7 Å². The quantitative estimate of drug-likeness (QED) is 0.874. The summed E-state index contributed by atoms with van der Waals surface area (Å²) in [7, 11) is 1.80. The number of piperazine rings is 1. The Morgan fingerprint density at radius 1 is 1.25 bits per heavy atom. The van der Waals surface area contributed by atoms with Crippen LogP contribution >= 0.6 is 0 Å². The molecule has 0 aromatic carbocycles. The number of amides is 1. The summed E-state index contributed by atoms with van der Waals surface area (Å²) in [5.74, 6) is 0.217. The van der Waals surface area contributed by atoms with Crippen molar-refractivity contribution in [1.29, 1.82) is 0 Å². The van der Waals surface area contributed by atoms with Crippen LogP contribution in [0.15, 0.2) is 22.8 Å². The van der Waals surface area contributed by atoms with E-state index < -0.39 is 12.0 Å². The molecule has 1 amide bonds. The topological polar surface area (TPSA) is 77.2 Å². The Morgan fingerprint density at radius 3 is 2.62 bits per heavy atom. The molecule has 3 rings (SSSR count). The van der Waals surface area contributed by atoms with Gasteiger partial charge < -0.3 is 14.4 Å². The van der Waals surface area contributed by atoms with E-state index in [1.54, 1.807) is 23.1 Å². The Hall–Kier alpha value is -1.86. The third-order valence-corrected chi connectivity index (χ3v) is 5.14. The molecule has 0 saturated carbocycles. The van der Waals surface area contributed by atoms with Crippen LogP contribution in [0.2, 0.25) is 0 Å². The zero-order chi connectivity index (χ0) is 17.1. The van der Waals surface area contributed by atoms with Crippen molar-refractivity contribution in [3.63, 3.8) is 0 Å². The third kappa shape index (κ3) is 3.79. The van der Waals surface area contributed by atoms with Gasteiger partial charge in [-0.2, -0.15) is 0 Å². The fourth-order valence-corrected chi connectivity index (χ4v) is 3.56. The summed E-state index contributed by atoms with van der Waals surface area (Å²) in [6.45, 7) is 4.03. The first-order valence-electron chi connectivity index (χ1n) is 8.51. The molecule has 7 heteroatoms. The molecule has 24 heavy (non-hydrogen) atoms. The highest BCUT2D eigenvalue weighted by Crippen LogP contribution is 2.22. The zero-order valence-electron chi connectivity index (χ0n) is 14.1. The van der Waals surface area contributed by atoms with Gasteiger partial charge in [0.25, 0.3) is 0 Å². The summed E-state index contributed by atoms with van der Waals surface area (Å²) in [5, 5.41) is 9.28. The number of carbonyl (C=O) groups is 2. The van der Waals surface area contributed by atoms with Crippen LogP contribution in [0.1, 0.15) is 18.6 Å². The molecule has 3 heterocycles. The van der Waals surface area contributed by atoms with Gasteiger partial charge in [0.2, 0.25) is 5.91 Å². The third-order valence-electron chi connectivity index (χ3n) is 5.14. The number of likely N-dealkylation sites (N-methyl/N-ethyl adjacent to an activating group) is 1. The second-order valence-electron chi connectivity index (χ2n) is 6.75. The highest BCUT2D eigenvalue weighted by atomic mass is 16.4. The lowest BCUT2D eigenvalue weighted by Gasteiger charge is -2.40. The number of hydrogen-bond acceptors (Lipinski definition) is 5. The maximum absolute atomic E-state index is 12.7. The molecule has 2 saturated heterocycles. The number of likely N-dealkylation sites (tertiary alicyclic amines) is 1. The average molecular weight is 335 g/mol. The molecular formula is C17H25N3O4. The zero-order valence-corrected chi connectivity index (χ0v) is 14.1. The van der Waals surface area contributed by atoms with Gasteiger partial charge >= 0.3 is 5.97 Å². The molecule has 0 aliphatic carbocycles. The second-order valence-corrected chi connectivity index (χ2v) is 6.75. The molecule has 2 aliphatic heterocycles. The molecule has 0 bridgehead atoms. The molecule has 1 atom stereocenters. The van der Waals surface area contributed by atoms with Crippen molar-refractivity contribution < 1.29 is 19.1 Å². The molecule has 1 aromatic heterocycles. The summed E-state index contributed by atoms with van der Waals surface area (Å²) in [6, 6.07) is 3.26. The number of carboxylic acids is 1. The van der Waals surface area contributed by atoms with E-state index in [1.807, 2.05) is 12.1 Å². The van der Waals surface area contributed by atoms with E-state index in [4.69, 9.17) is 4.42 Å². The van der Waals surface area contributed by atoms with E-state index in [-0.39, 0.29) is 18.4 Å².